The van der Waals surface area contributed by atoms with Crippen LogP contribution in [0, 0.1) is 0 Å². The molecule has 0 unspecified atom stereocenters. The second-order valence-electron chi connectivity index (χ2n) is 7.93. The Morgan fingerprint density at radius 2 is 1.88 bits per heavy atom. The number of sulfonamides is 1. The Hall–Kier alpha value is -2.38. The molecule has 13 heteroatoms. The SMILES string of the molecule is C[C@H](OC(=O)[C@H]1CCCN1S(C)(=O)=O)C(=O)Nc1cc(C(F)(F)F)ccc1N1CCOCC1. The molecule has 1 aromatic rings. The van der Waals surface area contributed by atoms with Gasteiger partial charge in [-0.2, -0.15) is 17.5 Å². The average Bonchev–Trinajstić information content (AvgIpc) is 3.24. The van der Waals surface area contributed by atoms with Crippen LogP contribution in [-0.4, -0.2) is 75.8 Å². The van der Waals surface area contributed by atoms with E-state index in [0.717, 1.165) is 22.7 Å². The first-order valence-electron chi connectivity index (χ1n) is 10.4. The molecule has 0 aromatic heterocycles. The fraction of sp³-hybridized carbons (Fsp3) is 0.600. The predicted octanol–water partition coefficient (Wildman–Crippen LogP) is 1.84. The topological polar surface area (TPSA) is 105 Å². The number of carbonyl (C=O) groups excluding carboxylic acids is 2. The van der Waals surface area contributed by atoms with Gasteiger partial charge in [-0.05, 0) is 38.0 Å². The third-order valence-corrected chi connectivity index (χ3v) is 6.79. The van der Waals surface area contributed by atoms with E-state index in [-0.39, 0.29) is 18.7 Å². The number of amides is 1. The lowest BCUT2D eigenvalue weighted by molar-refractivity contribution is -0.156. The summed E-state index contributed by atoms with van der Waals surface area (Å²) in [5, 5.41) is 2.43. The first-order valence-corrected chi connectivity index (χ1v) is 12.2. The number of anilines is 2. The van der Waals surface area contributed by atoms with E-state index in [4.69, 9.17) is 9.47 Å². The summed E-state index contributed by atoms with van der Waals surface area (Å²) < 4.78 is 74.9. The van der Waals surface area contributed by atoms with Gasteiger partial charge in [0.1, 0.15) is 6.04 Å². The predicted molar refractivity (Wildman–Crippen MR) is 113 cm³/mol. The summed E-state index contributed by atoms with van der Waals surface area (Å²) in [7, 11) is -3.63. The maximum absolute atomic E-state index is 13.2. The normalized spacial score (nSPS) is 21.0. The molecule has 1 amide bonds. The van der Waals surface area contributed by atoms with Crippen LogP contribution in [0.2, 0.25) is 0 Å². The van der Waals surface area contributed by atoms with Crippen LogP contribution in [0.4, 0.5) is 24.5 Å². The lowest BCUT2D eigenvalue weighted by Crippen LogP contribution is -2.43. The van der Waals surface area contributed by atoms with Gasteiger partial charge in [0.15, 0.2) is 6.10 Å². The van der Waals surface area contributed by atoms with Crippen molar-refractivity contribution in [3.05, 3.63) is 23.8 Å². The number of benzene rings is 1. The van der Waals surface area contributed by atoms with Crippen LogP contribution in [0.1, 0.15) is 25.3 Å². The van der Waals surface area contributed by atoms with Crippen molar-refractivity contribution in [3.63, 3.8) is 0 Å². The molecule has 9 nitrogen and oxygen atoms in total. The maximum atomic E-state index is 13.2. The molecule has 2 saturated heterocycles. The summed E-state index contributed by atoms with van der Waals surface area (Å²) in [5.41, 5.74) is -0.621. The highest BCUT2D eigenvalue weighted by atomic mass is 32.2. The van der Waals surface area contributed by atoms with Gasteiger partial charge in [-0.3, -0.25) is 9.59 Å². The van der Waals surface area contributed by atoms with Gasteiger partial charge >= 0.3 is 12.1 Å². The van der Waals surface area contributed by atoms with E-state index in [9.17, 15) is 31.2 Å². The molecule has 0 saturated carbocycles. The molecule has 1 aromatic carbocycles. The maximum Gasteiger partial charge on any atom is 0.416 e. The van der Waals surface area contributed by atoms with Gasteiger partial charge in [0.25, 0.3) is 5.91 Å². The van der Waals surface area contributed by atoms with E-state index >= 15 is 0 Å². The van der Waals surface area contributed by atoms with E-state index in [0.29, 0.717) is 38.4 Å². The molecule has 184 valence electrons. The van der Waals surface area contributed by atoms with Crippen molar-refractivity contribution in [2.45, 2.75) is 38.1 Å². The number of carbonyl (C=O) groups is 2. The monoisotopic (exact) mass is 493 g/mol. The van der Waals surface area contributed by atoms with Crippen LogP contribution < -0.4 is 10.2 Å². The second-order valence-corrected chi connectivity index (χ2v) is 9.86. The molecular weight excluding hydrogens is 467 g/mol. The van der Waals surface area contributed by atoms with Crippen molar-refractivity contribution in [1.29, 1.82) is 0 Å². The quantitative estimate of drug-likeness (QED) is 0.603. The fourth-order valence-corrected chi connectivity index (χ4v) is 4.92. The van der Waals surface area contributed by atoms with Gasteiger partial charge in [0, 0.05) is 19.6 Å². The number of rotatable bonds is 6. The van der Waals surface area contributed by atoms with Crippen LogP contribution in [0.25, 0.3) is 0 Å². The molecule has 33 heavy (non-hydrogen) atoms. The summed E-state index contributed by atoms with van der Waals surface area (Å²) in [6.45, 7) is 3.09. The summed E-state index contributed by atoms with van der Waals surface area (Å²) >= 11 is 0. The Balaban J connectivity index is 1.75. The molecule has 1 N–H and O–H groups in total. The molecule has 2 aliphatic heterocycles. The molecule has 2 aliphatic rings. The largest absolute Gasteiger partial charge is 0.451 e. The molecule has 2 heterocycles. The van der Waals surface area contributed by atoms with Crippen molar-refractivity contribution in [2.24, 2.45) is 0 Å². The van der Waals surface area contributed by atoms with Crippen molar-refractivity contribution < 1.29 is 40.7 Å². The molecule has 2 fully saturated rings. The van der Waals surface area contributed by atoms with Crippen molar-refractivity contribution in [1.82, 2.24) is 4.31 Å². The summed E-state index contributed by atoms with van der Waals surface area (Å²) in [6, 6.07) is 2.01. The van der Waals surface area contributed by atoms with Crippen LogP contribution in [-0.2, 0) is 35.3 Å². The van der Waals surface area contributed by atoms with Crippen LogP contribution in [0.3, 0.4) is 0 Å². The summed E-state index contributed by atoms with van der Waals surface area (Å²) in [5.74, 6) is -1.71. The van der Waals surface area contributed by atoms with Gasteiger partial charge in [-0.25, -0.2) is 8.42 Å². The zero-order valence-corrected chi connectivity index (χ0v) is 19.0. The number of esters is 1. The zero-order valence-electron chi connectivity index (χ0n) is 18.2. The molecule has 2 atom stereocenters. The number of ether oxygens (including phenoxy) is 2. The molecule has 3 rings (SSSR count). The Morgan fingerprint density at radius 3 is 2.48 bits per heavy atom. The highest BCUT2D eigenvalue weighted by Gasteiger charge is 2.39. The minimum absolute atomic E-state index is 0.0711. The Bertz CT molecular complexity index is 995. The molecular formula is C20H26F3N3O6S. The number of hydrogen-bond donors (Lipinski definition) is 1. The number of nitrogens with one attached hydrogen (secondary N) is 1. The highest BCUT2D eigenvalue weighted by molar-refractivity contribution is 7.88. The van der Waals surface area contributed by atoms with Gasteiger partial charge in [-0.15, -0.1) is 0 Å². The Morgan fingerprint density at radius 1 is 1.21 bits per heavy atom. The highest BCUT2D eigenvalue weighted by Crippen LogP contribution is 2.36. The van der Waals surface area contributed by atoms with Crippen LogP contribution in [0.15, 0.2) is 18.2 Å². The lowest BCUT2D eigenvalue weighted by atomic mass is 10.1. The lowest BCUT2D eigenvalue weighted by Gasteiger charge is -2.31. The first-order chi connectivity index (χ1) is 15.4. The molecule has 0 bridgehead atoms. The number of hydrogen-bond acceptors (Lipinski definition) is 7. The third-order valence-electron chi connectivity index (χ3n) is 5.50. The number of morpholine rings is 1. The smallest absolute Gasteiger partial charge is 0.416 e. The molecule has 0 aliphatic carbocycles. The van der Waals surface area contributed by atoms with Crippen molar-refractivity contribution >= 4 is 33.3 Å². The average molecular weight is 494 g/mol. The van der Waals surface area contributed by atoms with Crippen LogP contribution >= 0.6 is 0 Å². The van der Waals surface area contributed by atoms with E-state index in [1.165, 1.54) is 13.0 Å². The third kappa shape index (κ3) is 6.15. The van der Waals surface area contributed by atoms with Crippen molar-refractivity contribution in [3.8, 4) is 0 Å². The minimum Gasteiger partial charge on any atom is -0.451 e. The van der Waals surface area contributed by atoms with E-state index in [2.05, 4.69) is 5.32 Å². The van der Waals surface area contributed by atoms with Gasteiger partial charge < -0.3 is 19.7 Å². The number of halogens is 3. The molecule has 0 radical (unpaired) electrons. The zero-order chi connectivity index (χ0) is 24.4. The Kier molecular flexibility index (Phi) is 7.54. The van der Waals surface area contributed by atoms with Gasteiger partial charge in [-0.1, -0.05) is 0 Å². The first kappa shape index (κ1) is 25.2. The van der Waals surface area contributed by atoms with Gasteiger partial charge in [0.05, 0.1) is 36.4 Å². The number of alkyl halides is 3. The van der Waals surface area contributed by atoms with Crippen molar-refractivity contribution in [2.75, 3.05) is 49.3 Å². The minimum atomic E-state index is -4.61. The van der Waals surface area contributed by atoms with E-state index in [1.54, 1.807) is 4.90 Å². The number of nitrogens with zero attached hydrogens (tertiary/aromatic N) is 2. The van der Waals surface area contributed by atoms with Crippen LogP contribution in [0.5, 0.6) is 0 Å². The van der Waals surface area contributed by atoms with E-state index in [1.807, 2.05) is 0 Å². The molecule has 0 spiro atoms. The van der Waals surface area contributed by atoms with E-state index < -0.39 is 45.8 Å². The summed E-state index contributed by atoms with van der Waals surface area (Å²) in [4.78, 5) is 27.0. The summed E-state index contributed by atoms with van der Waals surface area (Å²) in [6.07, 6.45) is -4.25. The fourth-order valence-electron chi connectivity index (χ4n) is 3.81. The Labute approximate surface area is 189 Å². The standard InChI is InChI=1S/C20H26F3N3O6S/c1-13(32-19(28)17-4-3-7-26(17)33(2,29)30)18(27)24-15-12-14(20(21,22)23)5-6-16(15)25-8-10-31-11-9-25/h5-6,12-13,17H,3-4,7-11H2,1-2H3,(H,24,27)/t13-,17+/m0/s1. The second kappa shape index (κ2) is 9.85. The van der Waals surface area contributed by atoms with Gasteiger partial charge in [0.2, 0.25) is 10.0 Å².